The van der Waals surface area contributed by atoms with Crippen LogP contribution in [0.2, 0.25) is 0 Å². The number of nitrogens with zero attached hydrogens (tertiary/aromatic N) is 2. The Morgan fingerprint density at radius 3 is 2.71 bits per heavy atom. The molecule has 0 amide bonds. The molecule has 1 saturated heterocycles. The molecule has 0 aromatic heterocycles. The Morgan fingerprint density at radius 1 is 1.16 bits per heavy atom. The topological polar surface area (TPSA) is 58.1 Å². The van der Waals surface area contributed by atoms with Gasteiger partial charge in [-0.1, -0.05) is 24.3 Å². The smallest absolute Gasteiger partial charge is 0.191 e. The number of hydrogen-bond acceptors (Lipinski definition) is 4. The number of hydrogen-bond donors (Lipinski definition) is 2. The summed E-state index contributed by atoms with van der Waals surface area (Å²) in [6.07, 6.45) is 1.15. The van der Waals surface area contributed by atoms with E-state index in [-0.39, 0.29) is 24.0 Å². The second-order valence-electron chi connectivity index (χ2n) is 7.62. The first kappa shape index (κ1) is 25.1. The van der Waals surface area contributed by atoms with Crippen molar-refractivity contribution in [1.29, 1.82) is 0 Å². The van der Waals surface area contributed by atoms with Crippen LogP contribution in [0.25, 0.3) is 0 Å². The first-order chi connectivity index (χ1) is 14.6. The average Bonchev–Trinajstić information content (AvgIpc) is 3.24. The fourth-order valence-electron chi connectivity index (χ4n) is 3.85. The van der Waals surface area contributed by atoms with E-state index in [1.807, 2.05) is 26.1 Å². The lowest BCUT2D eigenvalue weighted by atomic mass is 10.1. The third kappa shape index (κ3) is 6.92. The number of guanidine groups is 1. The number of para-hydroxylation sites is 2. The molecule has 31 heavy (non-hydrogen) atoms. The first-order valence-electron chi connectivity index (χ1n) is 10.7. The molecule has 1 aliphatic rings. The highest BCUT2D eigenvalue weighted by molar-refractivity contribution is 14.0. The molecule has 1 heterocycles. The number of ether oxygens (including phenoxy) is 2. The van der Waals surface area contributed by atoms with Gasteiger partial charge in [-0.2, -0.15) is 0 Å². The number of anilines is 1. The number of rotatable bonds is 8. The summed E-state index contributed by atoms with van der Waals surface area (Å²) in [7, 11) is 3.54. The van der Waals surface area contributed by atoms with E-state index in [4.69, 9.17) is 9.47 Å². The molecule has 0 spiro atoms. The fraction of sp³-hybridized carbons (Fsp3) is 0.458. The molecule has 0 bridgehead atoms. The van der Waals surface area contributed by atoms with E-state index >= 15 is 0 Å². The zero-order valence-corrected chi connectivity index (χ0v) is 21.3. The van der Waals surface area contributed by atoms with Crippen molar-refractivity contribution in [3.8, 4) is 11.5 Å². The standard InChI is InChI=1S/C24H34N4O2.HI/c1-5-30-23-14-18(2)10-11-20(23)16-27-24(25-3)26-15-19-12-13-28(17-19)21-8-6-7-9-22(21)29-4;/h6-11,14,19H,5,12-13,15-17H2,1-4H3,(H2,25,26,27);1H. The van der Waals surface area contributed by atoms with E-state index in [2.05, 4.69) is 57.8 Å². The van der Waals surface area contributed by atoms with Crippen LogP contribution in [-0.4, -0.2) is 46.4 Å². The summed E-state index contributed by atoms with van der Waals surface area (Å²) in [5.41, 5.74) is 3.51. The van der Waals surface area contributed by atoms with Gasteiger partial charge in [-0.05, 0) is 49.9 Å². The van der Waals surface area contributed by atoms with Crippen LogP contribution in [-0.2, 0) is 6.54 Å². The lowest BCUT2D eigenvalue weighted by Crippen LogP contribution is -2.40. The van der Waals surface area contributed by atoms with Gasteiger partial charge in [0.15, 0.2) is 5.96 Å². The molecule has 0 radical (unpaired) electrons. The van der Waals surface area contributed by atoms with Crippen LogP contribution < -0.4 is 25.0 Å². The quantitative estimate of drug-likeness (QED) is 0.300. The summed E-state index contributed by atoms with van der Waals surface area (Å²) in [6.45, 7) is 8.36. The Kier molecular flexibility index (Phi) is 10.2. The molecule has 1 atom stereocenters. The van der Waals surface area contributed by atoms with Crippen molar-refractivity contribution < 1.29 is 9.47 Å². The Labute approximate surface area is 203 Å². The van der Waals surface area contributed by atoms with Crippen LogP contribution in [0.15, 0.2) is 47.5 Å². The van der Waals surface area contributed by atoms with Gasteiger partial charge in [-0.3, -0.25) is 4.99 Å². The van der Waals surface area contributed by atoms with Crippen molar-refractivity contribution in [2.45, 2.75) is 26.8 Å². The summed E-state index contributed by atoms with van der Waals surface area (Å²) >= 11 is 0. The normalized spacial score (nSPS) is 15.9. The lowest BCUT2D eigenvalue weighted by molar-refractivity contribution is 0.336. The number of halogens is 1. The van der Waals surface area contributed by atoms with Gasteiger partial charge in [0.25, 0.3) is 0 Å². The van der Waals surface area contributed by atoms with Gasteiger partial charge in [-0.25, -0.2) is 0 Å². The molecule has 0 aliphatic carbocycles. The predicted molar refractivity (Wildman–Crippen MR) is 139 cm³/mol. The van der Waals surface area contributed by atoms with Crippen LogP contribution in [0.4, 0.5) is 5.69 Å². The maximum absolute atomic E-state index is 5.78. The molecule has 0 saturated carbocycles. The number of aryl methyl sites for hydroxylation is 1. The highest BCUT2D eigenvalue weighted by Gasteiger charge is 2.24. The molecule has 6 nitrogen and oxygen atoms in total. The van der Waals surface area contributed by atoms with E-state index in [9.17, 15) is 0 Å². The average molecular weight is 538 g/mol. The number of methoxy groups -OCH3 is 1. The van der Waals surface area contributed by atoms with Crippen molar-refractivity contribution in [1.82, 2.24) is 10.6 Å². The van der Waals surface area contributed by atoms with E-state index in [1.54, 1.807) is 7.11 Å². The zero-order valence-electron chi connectivity index (χ0n) is 19.0. The lowest BCUT2D eigenvalue weighted by Gasteiger charge is -2.21. The molecule has 1 aliphatic heterocycles. The molecule has 1 unspecified atom stereocenters. The van der Waals surface area contributed by atoms with Gasteiger partial charge in [0.2, 0.25) is 0 Å². The van der Waals surface area contributed by atoms with Gasteiger partial charge in [0.1, 0.15) is 11.5 Å². The molecule has 2 aromatic carbocycles. The Morgan fingerprint density at radius 2 is 1.97 bits per heavy atom. The summed E-state index contributed by atoms with van der Waals surface area (Å²) in [4.78, 5) is 6.79. The van der Waals surface area contributed by atoms with Crippen LogP contribution in [0, 0.1) is 12.8 Å². The molecule has 2 aromatic rings. The van der Waals surface area contributed by atoms with Crippen molar-refractivity contribution in [3.05, 3.63) is 53.6 Å². The van der Waals surface area contributed by atoms with Crippen molar-refractivity contribution >= 4 is 35.6 Å². The van der Waals surface area contributed by atoms with Crippen molar-refractivity contribution in [2.24, 2.45) is 10.9 Å². The van der Waals surface area contributed by atoms with Crippen molar-refractivity contribution in [3.63, 3.8) is 0 Å². The molecule has 3 rings (SSSR count). The highest BCUT2D eigenvalue weighted by Crippen LogP contribution is 2.31. The Hall–Kier alpha value is -2.16. The van der Waals surface area contributed by atoms with Crippen LogP contribution in [0.3, 0.4) is 0 Å². The second-order valence-corrected chi connectivity index (χ2v) is 7.62. The summed E-state index contributed by atoms with van der Waals surface area (Å²) in [6, 6.07) is 14.5. The van der Waals surface area contributed by atoms with Gasteiger partial charge in [0, 0.05) is 38.8 Å². The zero-order chi connectivity index (χ0) is 21.3. The van der Waals surface area contributed by atoms with Gasteiger partial charge < -0.3 is 25.0 Å². The molecule has 1 fully saturated rings. The third-order valence-corrected chi connectivity index (χ3v) is 5.46. The van der Waals surface area contributed by atoms with Crippen molar-refractivity contribution in [2.75, 3.05) is 45.3 Å². The van der Waals surface area contributed by atoms with E-state index in [0.29, 0.717) is 19.1 Å². The number of nitrogens with one attached hydrogen (secondary N) is 2. The minimum atomic E-state index is 0. The molecule has 7 heteroatoms. The maximum Gasteiger partial charge on any atom is 0.191 e. The predicted octanol–water partition coefficient (Wildman–Crippen LogP) is 4.21. The van der Waals surface area contributed by atoms with E-state index < -0.39 is 0 Å². The van der Waals surface area contributed by atoms with Crippen LogP contribution in [0.1, 0.15) is 24.5 Å². The number of benzene rings is 2. The monoisotopic (exact) mass is 538 g/mol. The summed E-state index contributed by atoms with van der Waals surface area (Å²) < 4.78 is 11.3. The summed E-state index contributed by atoms with van der Waals surface area (Å²) in [5, 5.41) is 6.90. The molecule has 2 N–H and O–H groups in total. The van der Waals surface area contributed by atoms with Gasteiger partial charge >= 0.3 is 0 Å². The fourth-order valence-corrected chi connectivity index (χ4v) is 3.85. The van der Waals surface area contributed by atoms with E-state index in [0.717, 1.165) is 49.1 Å². The Balaban J connectivity index is 0.00000341. The largest absolute Gasteiger partial charge is 0.495 e. The number of aliphatic imine (C=N–C) groups is 1. The van der Waals surface area contributed by atoms with Gasteiger partial charge in [-0.15, -0.1) is 24.0 Å². The summed E-state index contributed by atoms with van der Waals surface area (Å²) in [5.74, 6) is 3.25. The molecular formula is C24H35IN4O2. The minimum absolute atomic E-state index is 0. The maximum atomic E-state index is 5.78. The highest BCUT2D eigenvalue weighted by atomic mass is 127. The third-order valence-electron chi connectivity index (χ3n) is 5.46. The SMILES string of the molecule is CCOc1cc(C)ccc1CNC(=NC)NCC1CCN(c2ccccc2OC)C1.I. The first-order valence-corrected chi connectivity index (χ1v) is 10.7. The minimum Gasteiger partial charge on any atom is -0.495 e. The Bertz CT molecular complexity index is 859. The molecular weight excluding hydrogens is 503 g/mol. The van der Waals surface area contributed by atoms with E-state index in [1.165, 1.54) is 11.3 Å². The second kappa shape index (κ2) is 12.6. The van der Waals surface area contributed by atoms with Gasteiger partial charge in [0.05, 0.1) is 19.4 Å². The molecule has 170 valence electrons. The van der Waals surface area contributed by atoms with Crippen LogP contribution >= 0.6 is 24.0 Å². The van der Waals surface area contributed by atoms with Crippen LogP contribution in [0.5, 0.6) is 11.5 Å².